The number of nitrogens with one attached hydrogen (secondary N) is 2. The number of amides is 2. The molecule has 2 aromatic rings. The van der Waals surface area contributed by atoms with Gasteiger partial charge in [-0.1, -0.05) is 23.5 Å². The highest BCUT2D eigenvalue weighted by atomic mass is 32.1. The second-order valence-electron chi connectivity index (χ2n) is 4.86. The quantitative estimate of drug-likeness (QED) is 0.747. The van der Waals surface area contributed by atoms with Gasteiger partial charge in [-0.15, -0.1) is 10.2 Å². The van der Waals surface area contributed by atoms with Gasteiger partial charge in [-0.3, -0.25) is 10.1 Å². The lowest BCUT2D eigenvalue weighted by Crippen LogP contribution is -2.28. The van der Waals surface area contributed by atoms with Crippen LogP contribution in [0, 0.1) is 5.82 Å². The van der Waals surface area contributed by atoms with Crippen molar-refractivity contribution in [2.75, 3.05) is 12.4 Å². The van der Waals surface area contributed by atoms with Crippen molar-refractivity contribution in [2.45, 2.75) is 25.8 Å². The largest absolute Gasteiger partial charge is 0.469 e. The van der Waals surface area contributed by atoms with Gasteiger partial charge in [-0.2, -0.15) is 0 Å². The summed E-state index contributed by atoms with van der Waals surface area (Å²) in [4.78, 5) is 22.8. The van der Waals surface area contributed by atoms with Crippen LogP contribution < -0.4 is 10.6 Å². The molecule has 0 spiro atoms. The SMILES string of the molecule is COC(=O)CCCc1nnc(NC(=O)NCc2ccc(F)cc2)s1. The second-order valence-corrected chi connectivity index (χ2v) is 5.93. The molecule has 0 fully saturated rings. The predicted molar refractivity (Wildman–Crippen MR) is 87.1 cm³/mol. The topological polar surface area (TPSA) is 93.2 Å². The fraction of sp³-hybridized carbons (Fsp3) is 0.333. The minimum atomic E-state index is -0.420. The number of methoxy groups -OCH3 is 1. The van der Waals surface area contributed by atoms with Crippen LogP contribution >= 0.6 is 11.3 Å². The summed E-state index contributed by atoms with van der Waals surface area (Å²) < 4.78 is 17.3. The molecule has 128 valence electrons. The molecule has 1 heterocycles. The maximum atomic E-state index is 12.8. The first kappa shape index (κ1) is 17.8. The summed E-state index contributed by atoms with van der Waals surface area (Å²) in [6.07, 6.45) is 1.51. The molecular weight excluding hydrogens is 335 g/mol. The monoisotopic (exact) mass is 352 g/mol. The van der Waals surface area contributed by atoms with E-state index in [0.717, 1.165) is 10.6 Å². The number of aromatic nitrogens is 2. The van der Waals surface area contributed by atoms with Crippen molar-refractivity contribution in [2.24, 2.45) is 0 Å². The number of esters is 1. The Morgan fingerprint density at radius 3 is 2.71 bits per heavy atom. The molecule has 2 rings (SSSR count). The molecule has 0 aliphatic carbocycles. The summed E-state index contributed by atoms with van der Waals surface area (Å²) >= 11 is 1.25. The van der Waals surface area contributed by atoms with Gasteiger partial charge in [0.05, 0.1) is 7.11 Å². The first-order valence-corrected chi connectivity index (χ1v) is 8.07. The minimum Gasteiger partial charge on any atom is -0.469 e. The Hall–Kier alpha value is -2.55. The van der Waals surface area contributed by atoms with Crippen molar-refractivity contribution >= 4 is 28.5 Å². The highest BCUT2D eigenvalue weighted by molar-refractivity contribution is 7.15. The van der Waals surface area contributed by atoms with Gasteiger partial charge >= 0.3 is 12.0 Å². The summed E-state index contributed by atoms with van der Waals surface area (Å²) in [5, 5.41) is 14.2. The molecule has 1 aromatic carbocycles. The molecule has 0 unspecified atom stereocenters. The smallest absolute Gasteiger partial charge is 0.321 e. The van der Waals surface area contributed by atoms with E-state index in [2.05, 4.69) is 25.6 Å². The van der Waals surface area contributed by atoms with Gasteiger partial charge in [-0.25, -0.2) is 9.18 Å². The van der Waals surface area contributed by atoms with Gasteiger partial charge in [-0.05, 0) is 24.1 Å². The average molecular weight is 352 g/mol. The first-order chi connectivity index (χ1) is 11.6. The summed E-state index contributed by atoms with van der Waals surface area (Å²) in [6.45, 7) is 0.275. The van der Waals surface area contributed by atoms with Gasteiger partial charge in [0.15, 0.2) is 0 Å². The zero-order valence-electron chi connectivity index (χ0n) is 13.0. The fourth-order valence-corrected chi connectivity index (χ4v) is 2.59. The molecule has 24 heavy (non-hydrogen) atoms. The Morgan fingerprint density at radius 1 is 1.25 bits per heavy atom. The number of carbonyl (C=O) groups is 2. The van der Waals surface area contributed by atoms with E-state index in [1.165, 1.54) is 30.6 Å². The zero-order valence-corrected chi connectivity index (χ0v) is 13.9. The molecule has 0 saturated heterocycles. The Labute approximate surface area is 142 Å². The minimum absolute atomic E-state index is 0.266. The normalized spacial score (nSPS) is 10.2. The number of carbonyl (C=O) groups excluding carboxylic acids is 2. The molecule has 2 N–H and O–H groups in total. The maximum absolute atomic E-state index is 12.8. The molecular formula is C15H17FN4O3S. The van der Waals surface area contributed by atoms with Crippen LogP contribution in [0.5, 0.6) is 0 Å². The van der Waals surface area contributed by atoms with E-state index in [1.807, 2.05) is 0 Å². The zero-order chi connectivity index (χ0) is 17.4. The van der Waals surface area contributed by atoms with Gasteiger partial charge in [0, 0.05) is 19.4 Å². The number of aryl methyl sites for hydroxylation is 1. The summed E-state index contributed by atoms with van der Waals surface area (Å²) in [7, 11) is 1.35. The highest BCUT2D eigenvalue weighted by Crippen LogP contribution is 2.17. The fourth-order valence-electron chi connectivity index (χ4n) is 1.82. The second kappa shape index (κ2) is 8.92. The molecule has 0 aliphatic heterocycles. The molecule has 2 amide bonds. The number of urea groups is 1. The van der Waals surface area contributed by atoms with Crippen LogP contribution in [0.2, 0.25) is 0 Å². The Balaban J connectivity index is 1.73. The van der Waals surface area contributed by atoms with Gasteiger partial charge in [0.25, 0.3) is 0 Å². The average Bonchev–Trinajstić information content (AvgIpc) is 3.01. The first-order valence-electron chi connectivity index (χ1n) is 7.25. The molecule has 0 radical (unpaired) electrons. The number of anilines is 1. The van der Waals surface area contributed by atoms with Crippen LogP contribution in [-0.4, -0.2) is 29.3 Å². The number of nitrogens with zero attached hydrogens (tertiary/aromatic N) is 2. The van der Waals surface area contributed by atoms with Crippen molar-refractivity contribution < 1.29 is 18.7 Å². The molecule has 0 saturated carbocycles. The van der Waals surface area contributed by atoms with Crippen molar-refractivity contribution in [3.05, 3.63) is 40.7 Å². The molecule has 0 aliphatic rings. The number of ether oxygens (including phenoxy) is 1. The third-order valence-corrected chi connectivity index (χ3v) is 3.95. The predicted octanol–water partition coefficient (Wildman–Crippen LogP) is 2.49. The molecule has 1 aromatic heterocycles. The third-order valence-electron chi connectivity index (χ3n) is 3.05. The summed E-state index contributed by atoms with van der Waals surface area (Å²) in [5.74, 6) is -0.588. The van der Waals surface area contributed by atoms with Crippen molar-refractivity contribution in [1.29, 1.82) is 0 Å². The van der Waals surface area contributed by atoms with E-state index >= 15 is 0 Å². The van der Waals surface area contributed by atoms with E-state index in [4.69, 9.17) is 0 Å². The third kappa shape index (κ3) is 5.92. The van der Waals surface area contributed by atoms with Crippen molar-refractivity contribution in [3.63, 3.8) is 0 Å². The number of hydrogen-bond acceptors (Lipinski definition) is 6. The van der Waals surface area contributed by atoms with Crippen LogP contribution in [0.15, 0.2) is 24.3 Å². The van der Waals surface area contributed by atoms with Crippen LogP contribution in [-0.2, 0) is 22.5 Å². The number of rotatable bonds is 7. The van der Waals surface area contributed by atoms with Gasteiger partial charge in [0.1, 0.15) is 10.8 Å². The lowest BCUT2D eigenvalue weighted by atomic mass is 10.2. The van der Waals surface area contributed by atoms with E-state index < -0.39 is 6.03 Å². The van der Waals surface area contributed by atoms with Crippen LogP contribution in [0.3, 0.4) is 0 Å². The number of halogens is 1. The Morgan fingerprint density at radius 2 is 2.00 bits per heavy atom. The molecule has 9 heteroatoms. The summed E-state index contributed by atoms with van der Waals surface area (Å²) in [6, 6.07) is 5.44. The lowest BCUT2D eigenvalue weighted by molar-refractivity contribution is -0.140. The standard InChI is InChI=1S/C15H17FN4O3S/c1-23-13(21)4-2-3-12-19-20-15(24-12)18-14(22)17-9-10-5-7-11(16)8-6-10/h5-8H,2-4,9H2,1H3,(H2,17,18,20,22). The van der Waals surface area contributed by atoms with E-state index in [0.29, 0.717) is 24.4 Å². The van der Waals surface area contributed by atoms with Gasteiger partial charge < -0.3 is 10.1 Å². The van der Waals surface area contributed by atoms with Crippen LogP contribution in [0.1, 0.15) is 23.4 Å². The van der Waals surface area contributed by atoms with Crippen molar-refractivity contribution in [3.8, 4) is 0 Å². The number of hydrogen-bond donors (Lipinski definition) is 2. The van der Waals surface area contributed by atoms with E-state index in [1.54, 1.807) is 12.1 Å². The maximum Gasteiger partial charge on any atom is 0.321 e. The lowest BCUT2D eigenvalue weighted by Gasteiger charge is -2.05. The van der Waals surface area contributed by atoms with Crippen LogP contribution in [0.25, 0.3) is 0 Å². The molecule has 0 atom stereocenters. The van der Waals surface area contributed by atoms with Crippen molar-refractivity contribution in [1.82, 2.24) is 15.5 Å². The highest BCUT2D eigenvalue weighted by Gasteiger charge is 2.09. The Kier molecular flexibility index (Phi) is 6.62. The Bertz CT molecular complexity index is 690. The molecule has 0 bridgehead atoms. The summed E-state index contributed by atoms with van der Waals surface area (Å²) in [5.41, 5.74) is 0.785. The number of benzene rings is 1. The van der Waals surface area contributed by atoms with E-state index in [9.17, 15) is 14.0 Å². The molecule has 7 nitrogen and oxygen atoms in total. The van der Waals surface area contributed by atoms with E-state index in [-0.39, 0.29) is 18.3 Å². The van der Waals surface area contributed by atoms with Gasteiger partial charge in [0.2, 0.25) is 5.13 Å². The van der Waals surface area contributed by atoms with Crippen LogP contribution in [0.4, 0.5) is 14.3 Å².